The summed E-state index contributed by atoms with van der Waals surface area (Å²) in [6, 6.07) is 18.0. The summed E-state index contributed by atoms with van der Waals surface area (Å²) in [4.78, 5) is 37.4. The smallest absolute Gasteiger partial charge is 0.326 e. The van der Waals surface area contributed by atoms with Crippen LogP contribution in [0, 0.1) is 0 Å². The van der Waals surface area contributed by atoms with E-state index < -0.39 is 12.1 Å². The predicted molar refractivity (Wildman–Crippen MR) is 197 cm³/mol. The molecule has 0 spiro atoms. The average Bonchev–Trinajstić information content (AvgIpc) is 3.42. The zero-order valence-electron chi connectivity index (χ0n) is 27.9. The van der Waals surface area contributed by atoms with E-state index in [4.69, 9.17) is 44.5 Å². The van der Waals surface area contributed by atoms with E-state index in [1.807, 2.05) is 72.5 Å². The second-order valence-corrected chi connectivity index (χ2v) is 14.2. The highest BCUT2D eigenvalue weighted by molar-refractivity contribution is 6.32. The third kappa shape index (κ3) is 8.58. The molecule has 0 aliphatic carbocycles. The molecule has 3 aromatic rings. The maximum atomic E-state index is 14.8. The van der Waals surface area contributed by atoms with Crippen LogP contribution in [-0.2, 0) is 10.2 Å². The molecule has 258 valence electrons. The maximum absolute atomic E-state index is 14.8. The normalized spacial score (nSPS) is 18.3. The van der Waals surface area contributed by atoms with Gasteiger partial charge in [0.2, 0.25) is 5.91 Å². The molecule has 0 bridgehead atoms. The third-order valence-electron chi connectivity index (χ3n) is 8.56. The zero-order valence-corrected chi connectivity index (χ0v) is 31.0. The molecule has 0 saturated carbocycles. The summed E-state index contributed by atoms with van der Waals surface area (Å²) in [5.74, 6) is 1.06. The van der Waals surface area contributed by atoms with Crippen LogP contribution in [-0.4, -0.2) is 78.3 Å². The molecular weight excluding hydrogens is 692 g/mol. The number of carbonyl (C=O) groups is 2. The quantitative estimate of drug-likeness (QED) is 0.253. The number of carbonyl (C=O) groups excluding carboxylic acids is 2. The van der Waals surface area contributed by atoms with Gasteiger partial charge < -0.3 is 15.0 Å². The Morgan fingerprint density at radius 2 is 1.50 bits per heavy atom. The van der Waals surface area contributed by atoms with Crippen LogP contribution in [0.25, 0.3) is 0 Å². The van der Waals surface area contributed by atoms with Gasteiger partial charge in [-0.15, -0.1) is 12.4 Å². The lowest BCUT2D eigenvalue weighted by Crippen LogP contribution is -2.54. The number of amides is 3. The Morgan fingerprint density at radius 1 is 0.917 bits per heavy atom. The van der Waals surface area contributed by atoms with Gasteiger partial charge in [0.25, 0.3) is 0 Å². The standard InChI is InChI=1S/C36H42Cl3N5O3.ClH/c1-6-47-31-22-29(36(3,4)5)30(39)21-28(31)34-41-32(24-7-11-26(37)12-8-24)33(25-9-13-27(38)14-10-25)44(34)35(46)43-19-17-42(18-20-43)16-15-40-23(2)45;/h7-14,21-22,32-33H,6,15-20H2,1-5H3,(H,40,45);1H/t32-,33+;/m0./s1. The van der Waals surface area contributed by atoms with Crippen molar-refractivity contribution < 1.29 is 14.3 Å². The Morgan fingerprint density at radius 3 is 2.04 bits per heavy atom. The second kappa shape index (κ2) is 16.1. The zero-order chi connectivity index (χ0) is 33.9. The van der Waals surface area contributed by atoms with Gasteiger partial charge in [0.1, 0.15) is 17.6 Å². The fourth-order valence-corrected chi connectivity index (χ4v) is 6.84. The highest BCUT2D eigenvalue weighted by Crippen LogP contribution is 2.46. The van der Waals surface area contributed by atoms with Gasteiger partial charge in [-0.2, -0.15) is 0 Å². The van der Waals surface area contributed by atoms with Crippen LogP contribution in [0.5, 0.6) is 5.75 Å². The van der Waals surface area contributed by atoms with Crippen molar-refractivity contribution in [2.24, 2.45) is 4.99 Å². The first-order valence-corrected chi connectivity index (χ1v) is 17.1. The molecule has 5 rings (SSSR count). The summed E-state index contributed by atoms with van der Waals surface area (Å²) in [6.07, 6.45) is 0. The lowest BCUT2D eigenvalue weighted by Gasteiger charge is -2.39. The van der Waals surface area contributed by atoms with E-state index >= 15 is 0 Å². The van der Waals surface area contributed by atoms with Gasteiger partial charge >= 0.3 is 6.03 Å². The van der Waals surface area contributed by atoms with E-state index in [2.05, 4.69) is 31.0 Å². The summed E-state index contributed by atoms with van der Waals surface area (Å²) in [7, 11) is 0. The fourth-order valence-electron chi connectivity index (χ4n) is 6.14. The number of aliphatic imine (C=N–C) groups is 1. The molecule has 2 heterocycles. The van der Waals surface area contributed by atoms with Gasteiger partial charge in [0.15, 0.2) is 0 Å². The average molecular weight is 736 g/mol. The summed E-state index contributed by atoms with van der Waals surface area (Å²) >= 11 is 19.6. The monoisotopic (exact) mass is 733 g/mol. The number of benzene rings is 3. The number of nitrogens with one attached hydrogen (secondary N) is 1. The highest BCUT2D eigenvalue weighted by Gasteiger charge is 2.45. The summed E-state index contributed by atoms with van der Waals surface area (Å²) in [5, 5.41) is 4.66. The van der Waals surface area contributed by atoms with Gasteiger partial charge in [-0.1, -0.05) is 79.8 Å². The number of halogens is 4. The number of rotatable bonds is 8. The minimum absolute atomic E-state index is 0. The molecule has 1 saturated heterocycles. The Labute approximate surface area is 304 Å². The first kappa shape index (κ1) is 37.8. The largest absolute Gasteiger partial charge is 0.493 e. The van der Waals surface area contributed by atoms with Gasteiger partial charge in [0.05, 0.1) is 18.2 Å². The summed E-state index contributed by atoms with van der Waals surface area (Å²) in [6.45, 7) is 13.9. The number of nitrogens with zero attached hydrogens (tertiary/aromatic N) is 4. The lowest BCUT2D eigenvalue weighted by molar-refractivity contribution is -0.119. The van der Waals surface area contributed by atoms with Crippen LogP contribution >= 0.6 is 47.2 Å². The Balaban J connectivity index is 0.00000520. The molecule has 2 atom stereocenters. The number of amidine groups is 1. The van der Waals surface area contributed by atoms with E-state index in [0.29, 0.717) is 71.5 Å². The fraction of sp³-hybridized carbons (Fsp3) is 0.417. The van der Waals surface area contributed by atoms with Crippen LogP contribution in [0.1, 0.15) is 69.0 Å². The van der Waals surface area contributed by atoms with Gasteiger partial charge in [-0.05, 0) is 65.4 Å². The number of ether oxygens (including phenoxy) is 1. The molecule has 0 aromatic heterocycles. The molecule has 2 aliphatic rings. The molecule has 12 heteroatoms. The van der Waals surface area contributed by atoms with E-state index in [0.717, 1.165) is 23.2 Å². The molecule has 2 aliphatic heterocycles. The first-order chi connectivity index (χ1) is 22.4. The summed E-state index contributed by atoms with van der Waals surface area (Å²) in [5.41, 5.74) is 3.18. The van der Waals surface area contributed by atoms with Crippen molar-refractivity contribution in [2.45, 2.75) is 52.1 Å². The van der Waals surface area contributed by atoms with E-state index in [-0.39, 0.29) is 29.8 Å². The van der Waals surface area contributed by atoms with Gasteiger partial charge in [-0.3, -0.25) is 19.6 Å². The molecule has 0 radical (unpaired) electrons. The topological polar surface area (TPSA) is 77.5 Å². The van der Waals surface area contributed by atoms with E-state index in [9.17, 15) is 9.59 Å². The molecule has 1 fully saturated rings. The Hall–Kier alpha value is -3.01. The third-order valence-corrected chi connectivity index (χ3v) is 9.38. The minimum atomic E-state index is -0.482. The Kier molecular flexibility index (Phi) is 12.7. The predicted octanol–water partition coefficient (Wildman–Crippen LogP) is 8.18. The van der Waals surface area contributed by atoms with Crippen LogP contribution in [0.3, 0.4) is 0 Å². The van der Waals surface area contributed by atoms with Crippen molar-refractivity contribution in [3.63, 3.8) is 0 Å². The minimum Gasteiger partial charge on any atom is -0.493 e. The molecule has 1 N–H and O–H groups in total. The second-order valence-electron chi connectivity index (χ2n) is 12.9. The number of piperazine rings is 1. The summed E-state index contributed by atoms with van der Waals surface area (Å²) < 4.78 is 6.23. The highest BCUT2D eigenvalue weighted by atomic mass is 35.5. The van der Waals surface area contributed by atoms with Crippen molar-refractivity contribution in [2.75, 3.05) is 45.9 Å². The van der Waals surface area contributed by atoms with E-state index in [1.165, 1.54) is 6.92 Å². The first-order valence-electron chi connectivity index (χ1n) is 16.0. The number of hydrogen-bond acceptors (Lipinski definition) is 5. The van der Waals surface area contributed by atoms with Crippen molar-refractivity contribution in [3.05, 3.63) is 98.0 Å². The van der Waals surface area contributed by atoms with Gasteiger partial charge in [0, 0.05) is 61.3 Å². The van der Waals surface area contributed by atoms with Crippen molar-refractivity contribution in [1.82, 2.24) is 20.0 Å². The van der Waals surface area contributed by atoms with Gasteiger partial charge in [-0.25, -0.2) is 4.79 Å². The van der Waals surface area contributed by atoms with Crippen molar-refractivity contribution in [3.8, 4) is 5.75 Å². The molecule has 48 heavy (non-hydrogen) atoms. The molecule has 8 nitrogen and oxygen atoms in total. The van der Waals surface area contributed by atoms with E-state index in [1.54, 1.807) is 4.90 Å². The molecule has 0 unspecified atom stereocenters. The van der Waals surface area contributed by atoms with Crippen LogP contribution in [0.4, 0.5) is 4.79 Å². The molecule has 3 aromatic carbocycles. The van der Waals surface area contributed by atoms with Crippen molar-refractivity contribution >= 4 is 65.0 Å². The molecular formula is C36H43Cl4N5O3. The maximum Gasteiger partial charge on any atom is 0.326 e. The van der Waals surface area contributed by atoms with Crippen molar-refractivity contribution in [1.29, 1.82) is 0 Å². The Bertz CT molecular complexity index is 1620. The van der Waals surface area contributed by atoms with Crippen LogP contribution in [0.2, 0.25) is 15.1 Å². The number of urea groups is 1. The molecule has 3 amide bonds. The van der Waals surface area contributed by atoms with Crippen LogP contribution < -0.4 is 10.1 Å². The SMILES string of the molecule is CCOc1cc(C(C)(C)C)c(Cl)cc1C1=N[C@@H](c2ccc(Cl)cc2)[C@@H](c2ccc(Cl)cc2)N1C(=O)N1CCN(CCNC(C)=O)CC1.Cl. The van der Waals surface area contributed by atoms with Crippen LogP contribution in [0.15, 0.2) is 65.7 Å². The lowest BCUT2D eigenvalue weighted by atomic mass is 9.86. The number of hydrogen-bond donors (Lipinski definition) is 1.